The fourth-order valence-corrected chi connectivity index (χ4v) is 2.99. The van der Waals surface area contributed by atoms with Gasteiger partial charge < -0.3 is 10.4 Å². The second-order valence-electron chi connectivity index (χ2n) is 5.18. The van der Waals surface area contributed by atoms with Crippen LogP contribution in [0.3, 0.4) is 0 Å². The number of anilines is 2. The monoisotopic (exact) mass is 350 g/mol. The van der Waals surface area contributed by atoms with Crippen molar-refractivity contribution in [3.8, 4) is 6.07 Å². The number of hydrogen-bond acceptors (Lipinski definition) is 6. The van der Waals surface area contributed by atoms with Crippen molar-refractivity contribution < 1.29 is 9.90 Å². The molecule has 0 aliphatic heterocycles. The molecule has 0 aliphatic rings. The molecule has 1 heterocycles. The average molecular weight is 350 g/mol. The molecule has 0 saturated heterocycles. The van der Waals surface area contributed by atoms with E-state index in [1.807, 2.05) is 36.4 Å². The van der Waals surface area contributed by atoms with Crippen LogP contribution in [0.2, 0.25) is 0 Å². The van der Waals surface area contributed by atoms with Crippen molar-refractivity contribution in [3.05, 3.63) is 54.1 Å². The number of nitrogens with zero attached hydrogens (tertiary/aromatic N) is 3. The van der Waals surface area contributed by atoms with Crippen molar-refractivity contribution in [2.75, 3.05) is 11.1 Å². The highest BCUT2D eigenvalue weighted by Gasteiger charge is 2.09. The van der Waals surface area contributed by atoms with Gasteiger partial charge in [-0.1, -0.05) is 23.9 Å². The number of nitriles is 1. The van der Waals surface area contributed by atoms with Crippen LogP contribution in [0.25, 0.3) is 10.9 Å². The number of carbonyl (C=O) groups is 1. The first-order chi connectivity index (χ1) is 12.2. The van der Waals surface area contributed by atoms with Gasteiger partial charge in [0, 0.05) is 16.8 Å². The van der Waals surface area contributed by atoms with Crippen LogP contribution in [0.5, 0.6) is 0 Å². The van der Waals surface area contributed by atoms with E-state index in [1.165, 1.54) is 11.8 Å². The maximum Gasteiger partial charge on any atom is 0.304 e. The number of thioether (sulfide) groups is 1. The van der Waals surface area contributed by atoms with Gasteiger partial charge in [0.15, 0.2) is 5.16 Å². The van der Waals surface area contributed by atoms with Gasteiger partial charge in [-0.05, 0) is 36.4 Å². The molecule has 3 rings (SSSR count). The van der Waals surface area contributed by atoms with Gasteiger partial charge in [0.1, 0.15) is 5.82 Å². The number of benzene rings is 2. The molecule has 0 spiro atoms. The lowest BCUT2D eigenvalue weighted by Crippen LogP contribution is -2.00. The number of carboxylic acid groups (broad SMARTS) is 1. The summed E-state index contributed by atoms with van der Waals surface area (Å²) in [6.45, 7) is 0. The molecule has 0 saturated carbocycles. The number of aromatic nitrogens is 2. The first kappa shape index (κ1) is 16.7. The highest BCUT2D eigenvalue weighted by molar-refractivity contribution is 7.99. The van der Waals surface area contributed by atoms with E-state index in [1.54, 1.807) is 12.1 Å². The van der Waals surface area contributed by atoms with Gasteiger partial charge in [-0.25, -0.2) is 9.97 Å². The highest BCUT2D eigenvalue weighted by atomic mass is 32.2. The smallest absolute Gasteiger partial charge is 0.304 e. The molecule has 0 bridgehead atoms. The third-order valence-corrected chi connectivity index (χ3v) is 4.26. The second kappa shape index (κ2) is 7.64. The van der Waals surface area contributed by atoms with E-state index < -0.39 is 5.97 Å². The number of aliphatic carboxylic acids is 1. The Morgan fingerprint density at radius 1 is 1.16 bits per heavy atom. The van der Waals surface area contributed by atoms with Gasteiger partial charge in [0.2, 0.25) is 0 Å². The van der Waals surface area contributed by atoms with Crippen molar-refractivity contribution in [1.82, 2.24) is 9.97 Å². The van der Waals surface area contributed by atoms with Gasteiger partial charge in [-0.2, -0.15) is 5.26 Å². The molecule has 0 amide bonds. The normalized spacial score (nSPS) is 10.4. The molecule has 124 valence electrons. The first-order valence-corrected chi connectivity index (χ1v) is 8.53. The SMILES string of the molecule is N#Cc1ccc(Nc2nc(SCCC(=O)O)nc3ccccc23)cc1. The van der Waals surface area contributed by atoms with Crippen LogP contribution in [0.4, 0.5) is 11.5 Å². The van der Waals surface area contributed by atoms with Gasteiger partial charge in [-0.3, -0.25) is 4.79 Å². The minimum Gasteiger partial charge on any atom is -0.481 e. The standard InChI is InChI=1S/C18H14N4O2S/c19-11-12-5-7-13(8-6-12)20-17-14-3-1-2-4-15(14)21-18(22-17)25-10-9-16(23)24/h1-8H,9-10H2,(H,23,24)(H,20,21,22). The molecule has 0 unspecified atom stereocenters. The van der Waals surface area contributed by atoms with Crippen molar-refractivity contribution in [2.24, 2.45) is 0 Å². The minimum atomic E-state index is -0.843. The quantitative estimate of drug-likeness (QED) is 0.515. The fraction of sp³-hybridized carbons (Fsp3) is 0.111. The van der Waals surface area contributed by atoms with E-state index in [4.69, 9.17) is 10.4 Å². The zero-order valence-electron chi connectivity index (χ0n) is 13.1. The summed E-state index contributed by atoms with van der Waals surface area (Å²) in [4.78, 5) is 19.7. The third-order valence-electron chi connectivity index (χ3n) is 3.41. The number of rotatable bonds is 6. The minimum absolute atomic E-state index is 0.0548. The zero-order valence-corrected chi connectivity index (χ0v) is 14.0. The maximum atomic E-state index is 10.7. The largest absolute Gasteiger partial charge is 0.481 e. The average Bonchev–Trinajstić information content (AvgIpc) is 2.62. The molecule has 25 heavy (non-hydrogen) atoms. The van der Waals surface area contributed by atoms with Crippen LogP contribution in [0, 0.1) is 11.3 Å². The Morgan fingerprint density at radius 3 is 2.64 bits per heavy atom. The summed E-state index contributed by atoms with van der Waals surface area (Å²) in [7, 11) is 0. The van der Waals surface area contributed by atoms with Crippen LogP contribution in [-0.2, 0) is 4.79 Å². The molecule has 0 atom stereocenters. The molecule has 3 aromatic rings. The number of nitrogens with one attached hydrogen (secondary N) is 1. The van der Waals surface area contributed by atoms with Crippen molar-refractivity contribution in [3.63, 3.8) is 0 Å². The van der Waals surface area contributed by atoms with Crippen molar-refractivity contribution in [2.45, 2.75) is 11.6 Å². The molecule has 1 aromatic heterocycles. The van der Waals surface area contributed by atoms with Crippen LogP contribution in [0.15, 0.2) is 53.7 Å². The number of fused-ring (bicyclic) bond motifs is 1. The Hall–Kier alpha value is -3.11. The van der Waals surface area contributed by atoms with Gasteiger partial charge in [0.25, 0.3) is 0 Å². The van der Waals surface area contributed by atoms with E-state index in [-0.39, 0.29) is 6.42 Å². The second-order valence-corrected chi connectivity index (χ2v) is 6.24. The lowest BCUT2D eigenvalue weighted by molar-refractivity contribution is -0.136. The molecule has 7 heteroatoms. The molecular weight excluding hydrogens is 336 g/mol. The van der Waals surface area contributed by atoms with E-state index in [0.717, 1.165) is 16.6 Å². The highest BCUT2D eigenvalue weighted by Crippen LogP contribution is 2.27. The molecule has 0 radical (unpaired) electrons. The summed E-state index contributed by atoms with van der Waals surface area (Å²) < 4.78 is 0. The van der Waals surface area contributed by atoms with Crippen LogP contribution in [-0.4, -0.2) is 26.8 Å². The Labute approximate surface area is 148 Å². The summed E-state index contributed by atoms with van der Waals surface area (Å²) in [5.74, 6) is 0.210. The predicted octanol–water partition coefficient (Wildman–Crippen LogP) is 3.81. The predicted molar refractivity (Wildman–Crippen MR) is 97.0 cm³/mol. The molecule has 2 aromatic carbocycles. The van der Waals surface area contributed by atoms with Crippen molar-refractivity contribution in [1.29, 1.82) is 5.26 Å². The summed E-state index contributed by atoms with van der Waals surface area (Å²) in [6, 6.07) is 16.8. The Morgan fingerprint density at radius 2 is 1.92 bits per heavy atom. The molecule has 2 N–H and O–H groups in total. The van der Waals surface area contributed by atoms with Crippen molar-refractivity contribution >= 4 is 40.1 Å². The number of carboxylic acids is 1. The first-order valence-electron chi connectivity index (χ1n) is 7.54. The summed E-state index contributed by atoms with van der Waals surface area (Å²) in [6.07, 6.45) is 0.0548. The third kappa shape index (κ3) is 4.25. The Bertz CT molecular complexity index is 951. The Kier molecular flexibility index (Phi) is 5.11. The summed E-state index contributed by atoms with van der Waals surface area (Å²) >= 11 is 1.31. The summed E-state index contributed by atoms with van der Waals surface area (Å²) in [5, 5.41) is 22.3. The van der Waals surface area contributed by atoms with E-state index in [0.29, 0.717) is 22.3 Å². The molecule has 0 aliphatic carbocycles. The van der Waals surface area contributed by atoms with Gasteiger partial charge >= 0.3 is 5.97 Å². The lowest BCUT2D eigenvalue weighted by atomic mass is 10.2. The topological polar surface area (TPSA) is 98.9 Å². The number of hydrogen-bond donors (Lipinski definition) is 2. The van der Waals surface area contributed by atoms with E-state index in [2.05, 4.69) is 21.4 Å². The molecule has 0 fully saturated rings. The molecular formula is C18H14N4O2S. The lowest BCUT2D eigenvalue weighted by Gasteiger charge is -2.10. The Balaban J connectivity index is 1.91. The maximum absolute atomic E-state index is 10.7. The van der Waals surface area contributed by atoms with Crippen LogP contribution >= 0.6 is 11.8 Å². The summed E-state index contributed by atoms with van der Waals surface area (Å²) in [5.41, 5.74) is 2.18. The van der Waals surface area contributed by atoms with Crippen LogP contribution < -0.4 is 5.32 Å². The van der Waals surface area contributed by atoms with Gasteiger partial charge in [-0.15, -0.1) is 0 Å². The number of para-hydroxylation sites is 1. The molecule has 6 nitrogen and oxygen atoms in total. The fourth-order valence-electron chi connectivity index (χ4n) is 2.21. The van der Waals surface area contributed by atoms with E-state index >= 15 is 0 Å². The zero-order chi connectivity index (χ0) is 17.6. The van der Waals surface area contributed by atoms with Crippen LogP contribution in [0.1, 0.15) is 12.0 Å². The van der Waals surface area contributed by atoms with Gasteiger partial charge in [0.05, 0.1) is 23.6 Å². The van der Waals surface area contributed by atoms with E-state index in [9.17, 15) is 4.79 Å².